The van der Waals surface area contributed by atoms with Crippen LogP contribution in [0, 0.1) is 0 Å². The molecule has 0 saturated heterocycles. The SMILES string of the molecule is CC[Si](CC)(CC)C(=C=O)/C=C/c1ccccc1. The van der Waals surface area contributed by atoms with Gasteiger partial charge in [-0.25, -0.2) is 4.79 Å². The quantitative estimate of drug-likeness (QED) is 0.417. The van der Waals surface area contributed by atoms with Gasteiger partial charge < -0.3 is 0 Å². The Morgan fingerprint density at radius 3 is 2.11 bits per heavy atom. The van der Waals surface area contributed by atoms with E-state index in [-0.39, 0.29) is 0 Å². The average molecular weight is 258 g/mol. The largest absolute Gasteiger partial charge is 0.234 e. The topological polar surface area (TPSA) is 17.1 Å². The van der Waals surface area contributed by atoms with E-state index in [4.69, 9.17) is 0 Å². The highest BCUT2D eigenvalue weighted by molar-refractivity contribution is 6.88. The molecule has 0 amide bonds. The van der Waals surface area contributed by atoms with Crippen molar-refractivity contribution < 1.29 is 4.79 Å². The summed E-state index contributed by atoms with van der Waals surface area (Å²) in [7, 11) is -1.59. The minimum Gasteiger partial charge on any atom is -0.234 e. The van der Waals surface area contributed by atoms with Crippen molar-refractivity contribution in [3.05, 3.63) is 47.2 Å². The van der Waals surface area contributed by atoms with Gasteiger partial charge in [-0.2, -0.15) is 0 Å². The third kappa shape index (κ3) is 3.31. The molecule has 0 heterocycles. The van der Waals surface area contributed by atoms with E-state index in [1.165, 1.54) is 0 Å². The number of rotatable bonds is 6. The first-order valence-electron chi connectivity index (χ1n) is 6.71. The summed E-state index contributed by atoms with van der Waals surface area (Å²) in [5.74, 6) is 2.21. The first kappa shape index (κ1) is 14.7. The van der Waals surface area contributed by atoms with Gasteiger partial charge in [-0.05, 0) is 5.56 Å². The fourth-order valence-electron chi connectivity index (χ4n) is 2.38. The molecule has 1 nitrogen and oxygen atoms in total. The van der Waals surface area contributed by atoms with Crippen LogP contribution >= 0.6 is 0 Å². The molecular weight excluding hydrogens is 236 g/mol. The third-order valence-electron chi connectivity index (χ3n) is 3.95. The van der Waals surface area contributed by atoms with Gasteiger partial charge in [0.2, 0.25) is 0 Å². The number of benzene rings is 1. The molecule has 1 rings (SSSR count). The molecule has 1 aromatic carbocycles. The van der Waals surface area contributed by atoms with Crippen molar-refractivity contribution in [2.24, 2.45) is 0 Å². The van der Waals surface area contributed by atoms with Crippen molar-refractivity contribution in [1.29, 1.82) is 0 Å². The van der Waals surface area contributed by atoms with Crippen LogP contribution in [0.5, 0.6) is 0 Å². The van der Waals surface area contributed by atoms with Crippen LogP contribution in [-0.2, 0) is 4.79 Å². The Kier molecular flexibility index (Phi) is 5.83. The molecule has 0 aliphatic heterocycles. The molecule has 0 bridgehead atoms. The molecule has 0 atom stereocenters. The van der Waals surface area contributed by atoms with Crippen molar-refractivity contribution in [1.82, 2.24) is 0 Å². The second kappa shape index (κ2) is 7.15. The van der Waals surface area contributed by atoms with E-state index in [0.29, 0.717) is 0 Å². The number of allylic oxidation sites excluding steroid dienone is 2. The van der Waals surface area contributed by atoms with Crippen LogP contribution in [0.3, 0.4) is 0 Å². The second-order valence-corrected chi connectivity index (χ2v) is 9.82. The Bertz CT molecular complexity index is 429. The molecule has 0 saturated carbocycles. The Morgan fingerprint density at radius 2 is 1.67 bits per heavy atom. The lowest BCUT2D eigenvalue weighted by molar-refractivity contribution is 0.568. The number of hydrogen-bond acceptors (Lipinski definition) is 1. The highest BCUT2D eigenvalue weighted by atomic mass is 28.3. The lowest BCUT2D eigenvalue weighted by atomic mass is 10.2. The fraction of sp³-hybridized carbons (Fsp3) is 0.375. The van der Waals surface area contributed by atoms with Crippen LogP contribution in [0.15, 0.2) is 41.6 Å². The van der Waals surface area contributed by atoms with Gasteiger partial charge in [0.1, 0.15) is 14.0 Å². The van der Waals surface area contributed by atoms with Gasteiger partial charge in [0.25, 0.3) is 0 Å². The van der Waals surface area contributed by atoms with Crippen molar-refractivity contribution in [3.8, 4) is 0 Å². The molecule has 0 aliphatic carbocycles. The highest BCUT2D eigenvalue weighted by Gasteiger charge is 2.31. The van der Waals surface area contributed by atoms with Gasteiger partial charge in [0, 0.05) is 5.20 Å². The predicted octanol–water partition coefficient (Wildman–Crippen LogP) is 4.51. The first-order chi connectivity index (χ1) is 8.72. The highest BCUT2D eigenvalue weighted by Crippen LogP contribution is 2.28. The summed E-state index contributed by atoms with van der Waals surface area (Å²) in [6, 6.07) is 13.5. The molecule has 0 radical (unpaired) electrons. The molecule has 0 aliphatic rings. The van der Waals surface area contributed by atoms with E-state index in [2.05, 4.69) is 26.7 Å². The van der Waals surface area contributed by atoms with E-state index in [1.54, 1.807) is 0 Å². The predicted molar refractivity (Wildman–Crippen MR) is 81.9 cm³/mol. The van der Waals surface area contributed by atoms with Gasteiger partial charge in [0.05, 0.1) is 0 Å². The summed E-state index contributed by atoms with van der Waals surface area (Å²) in [5.41, 5.74) is 1.14. The molecule has 0 aromatic heterocycles. The smallest absolute Gasteiger partial charge is 0.123 e. The summed E-state index contributed by atoms with van der Waals surface area (Å²) in [5, 5.41) is 0.929. The lowest BCUT2D eigenvalue weighted by Gasteiger charge is -2.26. The van der Waals surface area contributed by atoms with Crippen molar-refractivity contribution in [3.63, 3.8) is 0 Å². The summed E-state index contributed by atoms with van der Waals surface area (Å²) in [4.78, 5) is 11.3. The van der Waals surface area contributed by atoms with Gasteiger partial charge in [-0.3, -0.25) is 0 Å². The molecular formula is C16H22OSi. The second-order valence-electron chi connectivity index (χ2n) is 4.60. The van der Waals surface area contributed by atoms with Gasteiger partial charge >= 0.3 is 0 Å². The van der Waals surface area contributed by atoms with Crippen molar-refractivity contribution >= 4 is 20.1 Å². The monoisotopic (exact) mass is 258 g/mol. The standard InChI is InChI=1S/C16H22OSi/c1-4-18(5-2,6-3)16(14-17)13-12-15-10-8-7-9-11-15/h7-13H,4-6H2,1-3H3/b13-12+. The molecule has 0 unspecified atom stereocenters. The zero-order chi connectivity index (χ0) is 13.4. The van der Waals surface area contributed by atoms with Crippen LogP contribution < -0.4 is 0 Å². The molecule has 1 aromatic rings. The Morgan fingerprint density at radius 1 is 1.11 bits per heavy atom. The van der Waals surface area contributed by atoms with Crippen molar-refractivity contribution in [2.45, 2.75) is 38.9 Å². The van der Waals surface area contributed by atoms with E-state index >= 15 is 0 Å². The van der Waals surface area contributed by atoms with Gasteiger partial charge in [-0.1, -0.05) is 81.4 Å². The molecule has 2 heteroatoms. The van der Waals surface area contributed by atoms with E-state index in [9.17, 15) is 4.79 Å². The zero-order valence-electron chi connectivity index (χ0n) is 11.6. The minimum atomic E-state index is -1.59. The van der Waals surface area contributed by atoms with Gasteiger partial charge in [-0.15, -0.1) is 0 Å². The molecule has 96 valence electrons. The first-order valence-corrected chi connectivity index (χ1v) is 9.33. The van der Waals surface area contributed by atoms with Crippen LogP contribution in [0.2, 0.25) is 18.1 Å². The lowest BCUT2D eigenvalue weighted by Crippen LogP contribution is -2.34. The third-order valence-corrected chi connectivity index (χ3v) is 9.43. The summed E-state index contributed by atoms with van der Waals surface area (Å²) >= 11 is 0. The maximum absolute atomic E-state index is 11.3. The Hall–Kier alpha value is -1.37. The minimum absolute atomic E-state index is 0.929. The summed E-state index contributed by atoms with van der Waals surface area (Å²) in [6.07, 6.45) is 4.02. The summed E-state index contributed by atoms with van der Waals surface area (Å²) < 4.78 is 0. The normalized spacial score (nSPS) is 11.5. The summed E-state index contributed by atoms with van der Waals surface area (Å²) in [6.45, 7) is 6.60. The molecule has 18 heavy (non-hydrogen) atoms. The van der Waals surface area contributed by atoms with Crippen LogP contribution in [0.25, 0.3) is 6.08 Å². The average Bonchev–Trinajstić information content (AvgIpc) is 2.45. The molecule has 0 N–H and O–H groups in total. The van der Waals surface area contributed by atoms with E-state index < -0.39 is 8.07 Å². The number of hydrogen-bond donors (Lipinski definition) is 0. The fourth-order valence-corrected chi connectivity index (χ4v) is 5.68. The maximum atomic E-state index is 11.3. The van der Waals surface area contributed by atoms with E-state index in [1.807, 2.05) is 42.5 Å². The van der Waals surface area contributed by atoms with Crippen LogP contribution in [-0.4, -0.2) is 14.0 Å². The van der Waals surface area contributed by atoms with Crippen LogP contribution in [0.1, 0.15) is 26.3 Å². The van der Waals surface area contributed by atoms with E-state index in [0.717, 1.165) is 28.9 Å². The maximum Gasteiger partial charge on any atom is 0.123 e. The van der Waals surface area contributed by atoms with Gasteiger partial charge in [0.15, 0.2) is 0 Å². The van der Waals surface area contributed by atoms with Crippen molar-refractivity contribution in [2.75, 3.05) is 0 Å². The molecule has 0 spiro atoms. The zero-order valence-corrected chi connectivity index (χ0v) is 12.6. The molecule has 0 fully saturated rings. The Balaban J connectivity index is 2.99. The number of carbonyl (C=O) groups excluding carboxylic acids is 1. The van der Waals surface area contributed by atoms with Crippen LogP contribution in [0.4, 0.5) is 0 Å². The Labute approximate surface area is 111 Å².